The van der Waals surface area contributed by atoms with E-state index in [1.54, 1.807) is 11.3 Å². The molecule has 1 aromatic heterocycles. The molecule has 3 rings (SSSR count). The van der Waals surface area contributed by atoms with Crippen molar-refractivity contribution in [3.63, 3.8) is 0 Å². The first-order chi connectivity index (χ1) is 10.6. The Kier molecular flexibility index (Phi) is 4.20. The SMILES string of the molecule is O=C(O)c1ccc(C(=O)Nc2nc3c(s2)CCCCC3)cc1. The molecule has 0 saturated heterocycles. The molecule has 22 heavy (non-hydrogen) atoms. The van der Waals surface area contributed by atoms with Crippen molar-refractivity contribution < 1.29 is 14.7 Å². The summed E-state index contributed by atoms with van der Waals surface area (Å²) in [6.45, 7) is 0. The zero-order valence-corrected chi connectivity index (χ0v) is 12.8. The molecule has 0 bridgehead atoms. The van der Waals surface area contributed by atoms with E-state index < -0.39 is 5.97 Å². The Bertz CT molecular complexity index is 683. The second-order valence-electron chi connectivity index (χ2n) is 5.29. The van der Waals surface area contributed by atoms with Crippen LogP contribution in [0.4, 0.5) is 5.13 Å². The number of anilines is 1. The fourth-order valence-electron chi connectivity index (χ4n) is 2.52. The average Bonchev–Trinajstić information content (AvgIpc) is 2.76. The summed E-state index contributed by atoms with van der Waals surface area (Å²) in [5.41, 5.74) is 1.70. The monoisotopic (exact) mass is 316 g/mol. The minimum absolute atomic E-state index is 0.164. The molecule has 5 nitrogen and oxygen atoms in total. The van der Waals surface area contributed by atoms with Crippen LogP contribution in [0.3, 0.4) is 0 Å². The molecule has 0 aliphatic heterocycles. The van der Waals surface area contributed by atoms with Crippen molar-refractivity contribution in [2.45, 2.75) is 32.1 Å². The molecule has 1 amide bonds. The maximum Gasteiger partial charge on any atom is 0.335 e. The molecule has 1 heterocycles. The van der Waals surface area contributed by atoms with Crippen LogP contribution >= 0.6 is 11.3 Å². The summed E-state index contributed by atoms with van der Waals surface area (Å²) in [6, 6.07) is 5.87. The molecule has 114 valence electrons. The largest absolute Gasteiger partial charge is 0.478 e. The average molecular weight is 316 g/mol. The Morgan fingerprint density at radius 2 is 1.73 bits per heavy atom. The van der Waals surface area contributed by atoms with E-state index in [4.69, 9.17) is 5.11 Å². The van der Waals surface area contributed by atoms with Crippen LogP contribution in [0.1, 0.15) is 50.5 Å². The summed E-state index contributed by atoms with van der Waals surface area (Å²) in [6.07, 6.45) is 5.59. The minimum atomic E-state index is -1.00. The molecule has 0 fully saturated rings. The molecule has 2 N–H and O–H groups in total. The van der Waals surface area contributed by atoms with Gasteiger partial charge in [-0.25, -0.2) is 9.78 Å². The third-order valence-electron chi connectivity index (χ3n) is 3.71. The lowest BCUT2D eigenvalue weighted by molar-refractivity contribution is 0.0696. The van der Waals surface area contributed by atoms with Gasteiger partial charge in [0.1, 0.15) is 0 Å². The van der Waals surface area contributed by atoms with Gasteiger partial charge < -0.3 is 5.11 Å². The molecule has 1 aromatic carbocycles. The highest BCUT2D eigenvalue weighted by atomic mass is 32.1. The van der Waals surface area contributed by atoms with Gasteiger partial charge in [-0.3, -0.25) is 10.1 Å². The normalized spacial score (nSPS) is 14.0. The van der Waals surface area contributed by atoms with Gasteiger partial charge in [0.05, 0.1) is 11.3 Å². The molecule has 6 heteroatoms. The van der Waals surface area contributed by atoms with Gasteiger partial charge in [0.25, 0.3) is 5.91 Å². The van der Waals surface area contributed by atoms with Crippen LogP contribution in [-0.4, -0.2) is 22.0 Å². The minimum Gasteiger partial charge on any atom is -0.478 e. The lowest BCUT2D eigenvalue weighted by Gasteiger charge is -2.02. The fourth-order valence-corrected chi connectivity index (χ4v) is 3.56. The number of hydrogen-bond donors (Lipinski definition) is 2. The number of carbonyl (C=O) groups excluding carboxylic acids is 1. The van der Waals surface area contributed by atoms with Crippen molar-refractivity contribution in [3.05, 3.63) is 46.0 Å². The smallest absolute Gasteiger partial charge is 0.335 e. The van der Waals surface area contributed by atoms with Crippen molar-refractivity contribution in [1.82, 2.24) is 4.98 Å². The molecule has 0 spiro atoms. The Hall–Kier alpha value is -2.21. The van der Waals surface area contributed by atoms with Gasteiger partial charge in [-0.1, -0.05) is 6.42 Å². The number of thiazole rings is 1. The lowest BCUT2D eigenvalue weighted by atomic mass is 10.1. The summed E-state index contributed by atoms with van der Waals surface area (Å²) >= 11 is 1.54. The summed E-state index contributed by atoms with van der Waals surface area (Å²) in [7, 11) is 0. The molecular weight excluding hydrogens is 300 g/mol. The molecular formula is C16H16N2O3S. The van der Waals surface area contributed by atoms with Gasteiger partial charge >= 0.3 is 5.97 Å². The number of aromatic nitrogens is 1. The van der Waals surface area contributed by atoms with Gasteiger partial charge in [0.2, 0.25) is 0 Å². The number of fused-ring (bicyclic) bond motifs is 1. The first kappa shape index (κ1) is 14.7. The number of carboxylic acids is 1. The predicted molar refractivity (Wildman–Crippen MR) is 84.7 cm³/mol. The summed E-state index contributed by atoms with van der Waals surface area (Å²) in [5, 5.41) is 12.3. The van der Waals surface area contributed by atoms with E-state index in [2.05, 4.69) is 10.3 Å². The van der Waals surface area contributed by atoms with E-state index in [1.165, 1.54) is 42.0 Å². The molecule has 2 aromatic rings. The standard InChI is InChI=1S/C16H16N2O3S/c19-14(10-6-8-11(9-7-10)15(20)21)18-16-17-12-4-2-1-3-5-13(12)22-16/h6-9H,1-5H2,(H,20,21)(H,17,18,19). The number of benzene rings is 1. The van der Waals surface area contributed by atoms with Crippen molar-refractivity contribution in [3.8, 4) is 0 Å². The van der Waals surface area contributed by atoms with Gasteiger partial charge in [-0.2, -0.15) is 0 Å². The summed E-state index contributed by atoms with van der Waals surface area (Å²) < 4.78 is 0. The van der Waals surface area contributed by atoms with Crippen LogP contribution in [-0.2, 0) is 12.8 Å². The number of carbonyl (C=O) groups is 2. The summed E-state index contributed by atoms with van der Waals surface area (Å²) in [5.74, 6) is -1.27. The number of hydrogen-bond acceptors (Lipinski definition) is 4. The van der Waals surface area contributed by atoms with Gasteiger partial charge in [-0.05, 0) is 49.9 Å². The molecule has 0 radical (unpaired) electrons. The van der Waals surface area contributed by atoms with Gasteiger partial charge in [0, 0.05) is 10.4 Å². The van der Waals surface area contributed by atoms with Crippen LogP contribution in [0.25, 0.3) is 0 Å². The Labute approximate surface area is 132 Å². The van der Waals surface area contributed by atoms with Crippen LogP contribution in [0.5, 0.6) is 0 Å². The first-order valence-corrected chi connectivity index (χ1v) is 8.08. The van der Waals surface area contributed by atoms with Crippen molar-refractivity contribution in [1.29, 1.82) is 0 Å². The van der Waals surface area contributed by atoms with E-state index in [1.807, 2.05) is 0 Å². The zero-order chi connectivity index (χ0) is 15.5. The lowest BCUT2D eigenvalue weighted by Crippen LogP contribution is -2.12. The van der Waals surface area contributed by atoms with Gasteiger partial charge in [0.15, 0.2) is 5.13 Å². The maximum atomic E-state index is 12.2. The third kappa shape index (κ3) is 3.17. The van der Waals surface area contributed by atoms with Crippen molar-refractivity contribution >= 4 is 28.3 Å². The topological polar surface area (TPSA) is 79.3 Å². The van der Waals surface area contributed by atoms with Crippen LogP contribution < -0.4 is 5.32 Å². The summed E-state index contributed by atoms with van der Waals surface area (Å²) in [4.78, 5) is 28.8. The number of nitrogens with zero attached hydrogens (tertiary/aromatic N) is 1. The highest BCUT2D eigenvalue weighted by molar-refractivity contribution is 7.15. The second-order valence-corrected chi connectivity index (χ2v) is 6.37. The van der Waals surface area contributed by atoms with Crippen molar-refractivity contribution in [2.24, 2.45) is 0 Å². The zero-order valence-electron chi connectivity index (χ0n) is 12.0. The van der Waals surface area contributed by atoms with E-state index in [0.717, 1.165) is 25.0 Å². The second kappa shape index (κ2) is 6.27. The number of carboxylic acid groups (broad SMARTS) is 1. The number of amides is 1. The number of nitrogens with one attached hydrogen (secondary N) is 1. The number of rotatable bonds is 3. The number of aryl methyl sites for hydroxylation is 2. The molecule has 1 aliphatic carbocycles. The third-order valence-corrected chi connectivity index (χ3v) is 4.78. The quantitative estimate of drug-likeness (QED) is 0.851. The van der Waals surface area contributed by atoms with Crippen LogP contribution in [0.2, 0.25) is 0 Å². The van der Waals surface area contributed by atoms with Crippen LogP contribution in [0, 0.1) is 0 Å². The fraction of sp³-hybridized carbons (Fsp3) is 0.312. The van der Waals surface area contributed by atoms with Gasteiger partial charge in [-0.15, -0.1) is 11.3 Å². The molecule has 1 aliphatic rings. The Morgan fingerprint density at radius 3 is 2.45 bits per heavy atom. The van der Waals surface area contributed by atoms with E-state index in [9.17, 15) is 9.59 Å². The van der Waals surface area contributed by atoms with Crippen molar-refractivity contribution in [2.75, 3.05) is 5.32 Å². The van der Waals surface area contributed by atoms with E-state index >= 15 is 0 Å². The molecule has 0 unspecified atom stereocenters. The number of aromatic carboxylic acids is 1. The molecule has 0 saturated carbocycles. The maximum absolute atomic E-state index is 12.2. The molecule has 0 atom stereocenters. The van der Waals surface area contributed by atoms with E-state index in [-0.39, 0.29) is 11.5 Å². The highest BCUT2D eigenvalue weighted by Gasteiger charge is 2.16. The Balaban J connectivity index is 1.72. The highest BCUT2D eigenvalue weighted by Crippen LogP contribution is 2.29. The first-order valence-electron chi connectivity index (χ1n) is 7.27. The van der Waals surface area contributed by atoms with Crippen LogP contribution in [0.15, 0.2) is 24.3 Å². The predicted octanol–water partition coefficient (Wildman–Crippen LogP) is 3.36. The Morgan fingerprint density at radius 1 is 1.05 bits per heavy atom. The van der Waals surface area contributed by atoms with E-state index in [0.29, 0.717) is 10.7 Å².